The lowest BCUT2D eigenvalue weighted by atomic mass is 10.1. The number of nitrogens with zero attached hydrogens (tertiary/aromatic N) is 1. The van der Waals surface area contributed by atoms with Crippen LogP contribution in [0.15, 0.2) is 78.9 Å². The summed E-state index contributed by atoms with van der Waals surface area (Å²) in [4.78, 5) is 26.7. The maximum absolute atomic E-state index is 12.5. The average Bonchev–Trinajstić information content (AvgIpc) is 2.76. The zero-order valence-corrected chi connectivity index (χ0v) is 18.0. The molecule has 0 saturated heterocycles. The van der Waals surface area contributed by atoms with Gasteiger partial charge in [0, 0.05) is 18.8 Å². The van der Waals surface area contributed by atoms with E-state index in [1.54, 1.807) is 0 Å². The molecule has 0 aliphatic rings. The molecule has 0 unspecified atom stereocenters. The average molecular weight is 417 g/mol. The van der Waals surface area contributed by atoms with Crippen molar-refractivity contribution >= 4 is 17.6 Å². The summed E-state index contributed by atoms with van der Waals surface area (Å²) >= 11 is 0. The van der Waals surface area contributed by atoms with Gasteiger partial charge in [0.25, 0.3) is 5.91 Å². The van der Waals surface area contributed by atoms with Gasteiger partial charge in [-0.25, -0.2) is 0 Å². The highest BCUT2D eigenvalue weighted by molar-refractivity contribution is 5.93. The highest BCUT2D eigenvalue weighted by Crippen LogP contribution is 2.16. The molecule has 1 amide bonds. The van der Waals surface area contributed by atoms with Gasteiger partial charge in [-0.1, -0.05) is 72.8 Å². The van der Waals surface area contributed by atoms with Crippen molar-refractivity contribution in [1.82, 2.24) is 4.90 Å². The molecule has 0 atom stereocenters. The summed E-state index contributed by atoms with van der Waals surface area (Å²) in [6.07, 6.45) is 0. The third kappa shape index (κ3) is 7.39. The number of hydrogen-bond donors (Lipinski definition) is 1. The van der Waals surface area contributed by atoms with E-state index in [9.17, 15) is 9.59 Å². The van der Waals surface area contributed by atoms with E-state index in [-0.39, 0.29) is 19.1 Å². The first-order valence-corrected chi connectivity index (χ1v) is 10.3. The number of aryl methyl sites for hydroxylation is 2. The fraction of sp³-hybridized carbons (Fsp3) is 0.231. The van der Waals surface area contributed by atoms with Gasteiger partial charge in [-0.2, -0.15) is 0 Å². The van der Waals surface area contributed by atoms with Gasteiger partial charge in [0.1, 0.15) is 0 Å². The molecule has 160 valence electrons. The molecule has 3 rings (SSSR count). The Bertz CT molecular complexity index is 962. The molecule has 5 nitrogen and oxygen atoms in total. The second kappa shape index (κ2) is 11.1. The molecule has 0 heterocycles. The van der Waals surface area contributed by atoms with Crippen molar-refractivity contribution in [2.75, 3.05) is 18.5 Å². The molecule has 0 radical (unpaired) electrons. The second-order valence-electron chi connectivity index (χ2n) is 7.64. The van der Waals surface area contributed by atoms with E-state index in [0.29, 0.717) is 13.1 Å². The van der Waals surface area contributed by atoms with E-state index < -0.39 is 5.97 Å². The van der Waals surface area contributed by atoms with Crippen molar-refractivity contribution in [3.63, 3.8) is 0 Å². The van der Waals surface area contributed by atoms with Crippen LogP contribution in [0.25, 0.3) is 0 Å². The Labute approximate surface area is 183 Å². The SMILES string of the molecule is Cc1ccc(C)c(NC(=O)COC(=O)CN(Cc2ccccc2)Cc2ccccc2)c1. The van der Waals surface area contributed by atoms with Crippen LogP contribution in [0.1, 0.15) is 22.3 Å². The van der Waals surface area contributed by atoms with Gasteiger partial charge in [-0.05, 0) is 42.2 Å². The summed E-state index contributed by atoms with van der Waals surface area (Å²) in [5.74, 6) is -0.775. The minimum absolute atomic E-state index is 0.0978. The second-order valence-corrected chi connectivity index (χ2v) is 7.64. The maximum Gasteiger partial charge on any atom is 0.320 e. The Morgan fingerprint density at radius 3 is 2.00 bits per heavy atom. The standard InChI is InChI=1S/C26H28N2O3/c1-20-13-14-21(2)24(15-20)27-25(29)19-31-26(30)18-28(16-22-9-5-3-6-10-22)17-23-11-7-4-8-12-23/h3-15H,16-19H2,1-2H3,(H,27,29). The predicted octanol–water partition coefficient (Wildman–Crippen LogP) is 4.49. The zero-order valence-electron chi connectivity index (χ0n) is 18.0. The first-order chi connectivity index (χ1) is 15.0. The summed E-state index contributed by atoms with van der Waals surface area (Å²) in [6, 6.07) is 25.8. The lowest BCUT2D eigenvalue weighted by molar-refractivity contribution is -0.148. The molecule has 0 aliphatic carbocycles. The van der Waals surface area contributed by atoms with Crippen LogP contribution in [-0.4, -0.2) is 29.9 Å². The van der Waals surface area contributed by atoms with Crippen LogP contribution in [0.4, 0.5) is 5.69 Å². The first kappa shape index (κ1) is 22.2. The van der Waals surface area contributed by atoms with Gasteiger partial charge >= 0.3 is 5.97 Å². The number of benzene rings is 3. The Kier molecular flexibility index (Phi) is 7.96. The highest BCUT2D eigenvalue weighted by atomic mass is 16.5. The van der Waals surface area contributed by atoms with Crippen LogP contribution in [0.3, 0.4) is 0 Å². The Hall–Kier alpha value is -3.44. The van der Waals surface area contributed by atoms with Crippen LogP contribution in [0.2, 0.25) is 0 Å². The molecule has 0 spiro atoms. The van der Waals surface area contributed by atoms with Crippen molar-refractivity contribution in [1.29, 1.82) is 0 Å². The van der Waals surface area contributed by atoms with Crippen LogP contribution in [0, 0.1) is 13.8 Å². The van der Waals surface area contributed by atoms with Gasteiger partial charge < -0.3 is 10.1 Å². The summed E-state index contributed by atoms with van der Waals surface area (Å²) < 4.78 is 5.26. The van der Waals surface area contributed by atoms with Crippen molar-refractivity contribution in [2.24, 2.45) is 0 Å². The van der Waals surface area contributed by atoms with E-state index in [4.69, 9.17) is 4.74 Å². The molecular weight excluding hydrogens is 388 g/mol. The number of hydrogen-bond acceptors (Lipinski definition) is 4. The van der Waals surface area contributed by atoms with E-state index in [2.05, 4.69) is 5.32 Å². The topological polar surface area (TPSA) is 58.6 Å². The molecule has 3 aromatic rings. The van der Waals surface area contributed by atoms with Crippen molar-refractivity contribution in [3.05, 3.63) is 101 Å². The molecule has 0 aliphatic heterocycles. The number of carbonyl (C=O) groups is 2. The van der Waals surface area contributed by atoms with Gasteiger partial charge in [-0.15, -0.1) is 0 Å². The molecule has 31 heavy (non-hydrogen) atoms. The number of ether oxygens (including phenoxy) is 1. The minimum atomic E-state index is -0.428. The fourth-order valence-electron chi connectivity index (χ4n) is 3.28. The number of rotatable bonds is 9. The molecule has 0 bridgehead atoms. The van der Waals surface area contributed by atoms with Crippen molar-refractivity contribution < 1.29 is 14.3 Å². The molecule has 5 heteroatoms. The largest absolute Gasteiger partial charge is 0.455 e. The molecule has 3 aromatic carbocycles. The van der Waals surface area contributed by atoms with Crippen LogP contribution < -0.4 is 5.32 Å². The van der Waals surface area contributed by atoms with E-state index in [1.807, 2.05) is 97.6 Å². The number of anilines is 1. The summed E-state index contributed by atoms with van der Waals surface area (Å²) in [7, 11) is 0. The Balaban J connectivity index is 1.56. The third-order valence-corrected chi connectivity index (χ3v) is 4.88. The number of carbonyl (C=O) groups excluding carboxylic acids is 2. The normalized spacial score (nSPS) is 10.7. The van der Waals surface area contributed by atoms with E-state index in [1.165, 1.54) is 0 Å². The zero-order chi connectivity index (χ0) is 22.1. The predicted molar refractivity (Wildman–Crippen MR) is 123 cm³/mol. The van der Waals surface area contributed by atoms with Crippen molar-refractivity contribution in [2.45, 2.75) is 26.9 Å². The fourth-order valence-corrected chi connectivity index (χ4v) is 3.28. The smallest absolute Gasteiger partial charge is 0.320 e. The van der Waals surface area contributed by atoms with Gasteiger partial charge in [0.15, 0.2) is 6.61 Å². The molecule has 0 fully saturated rings. The van der Waals surface area contributed by atoms with Gasteiger partial charge in [0.2, 0.25) is 0 Å². The number of amides is 1. The summed E-state index contributed by atoms with van der Waals surface area (Å²) in [5, 5.41) is 2.81. The summed E-state index contributed by atoms with van der Waals surface area (Å²) in [5.41, 5.74) is 4.96. The lowest BCUT2D eigenvalue weighted by Crippen LogP contribution is -2.32. The van der Waals surface area contributed by atoms with Crippen LogP contribution in [-0.2, 0) is 27.4 Å². The Morgan fingerprint density at radius 2 is 1.42 bits per heavy atom. The maximum atomic E-state index is 12.5. The van der Waals surface area contributed by atoms with Crippen molar-refractivity contribution in [3.8, 4) is 0 Å². The first-order valence-electron chi connectivity index (χ1n) is 10.3. The minimum Gasteiger partial charge on any atom is -0.455 e. The summed E-state index contributed by atoms with van der Waals surface area (Å²) in [6.45, 7) is 4.89. The van der Waals surface area contributed by atoms with Gasteiger partial charge in [0.05, 0.1) is 6.54 Å². The molecule has 0 aromatic heterocycles. The van der Waals surface area contributed by atoms with E-state index in [0.717, 1.165) is 27.9 Å². The monoisotopic (exact) mass is 416 g/mol. The Morgan fingerprint density at radius 1 is 0.839 bits per heavy atom. The third-order valence-electron chi connectivity index (χ3n) is 4.88. The number of esters is 1. The molecule has 1 N–H and O–H groups in total. The van der Waals surface area contributed by atoms with Crippen LogP contribution >= 0.6 is 0 Å². The molecular formula is C26H28N2O3. The quantitative estimate of drug-likeness (QED) is 0.522. The number of nitrogens with one attached hydrogen (secondary N) is 1. The lowest BCUT2D eigenvalue weighted by Gasteiger charge is -2.21. The highest BCUT2D eigenvalue weighted by Gasteiger charge is 2.15. The van der Waals surface area contributed by atoms with Gasteiger partial charge in [-0.3, -0.25) is 14.5 Å². The molecule has 0 saturated carbocycles. The van der Waals surface area contributed by atoms with Crippen LogP contribution in [0.5, 0.6) is 0 Å². The van der Waals surface area contributed by atoms with E-state index >= 15 is 0 Å².